The van der Waals surface area contributed by atoms with Crippen molar-refractivity contribution in [3.8, 4) is 0 Å². The van der Waals surface area contributed by atoms with Gasteiger partial charge in [-0.15, -0.1) is 0 Å². The lowest BCUT2D eigenvalue weighted by Crippen LogP contribution is -2.40. The number of aromatic carboxylic acids is 1. The lowest BCUT2D eigenvalue weighted by atomic mass is 9.97. The molecular weight excluding hydrogens is 321 g/mol. The number of nitro benzene ring substituents is 1. The largest absolute Gasteiger partial charge is 0.478 e. The zero-order valence-corrected chi connectivity index (χ0v) is 12.3. The van der Waals surface area contributed by atoms with Crippen LogP contribution in [0, 0.1) is 17.0 Å². The molecule has 0 aliphatic rings. The van der Waals surface area contributed by atoms with E-state index in [1.165, 1.54) is 13.8 Å². The third kappa shape index (κ3) is 3.58. The van der Waals surface area contributed by atoms with Gasteiger partial charge in [0, 0.05) is 12.6 Å². The summed E-state index contributed by atoms with van der Waals surface area (Å²) in [7, 11) is 0.866. The fourth-order valence-electron chi connectivity index (χ4n) is 2.12. The maximum atomic E-state index is 12.5. The van der Waals surface area contributed by atoms with Gasteiger partial charge in [0.05, 0.1) is 22.1 Å². The van der Waals surface area contributed by atoms with Crippen LogP contribution in [0.3, 0.4) is 0 Å². The molecule has 1 unspecified atom stereocenters. The molecule has 10 heteroatoms. The van der Waals surface area contributed by atoms with Crippen molar-refractivity contribution in [2.75, 3.05) is 7.05 Å². The number of rotatable bonds is 4. The molecule has 126 valence electrons. The number of nitrogens with zero attached hydrogens (tertiary/aromatic N) is 2. The summed E-state index contributed by atoms with van der Waals surface area (Å²) in [5.74, 6) is -3.55. The molecule has 0 saturated heterocycles. The van der Waals surface area contributed by atoms with Crippen molar-refractivity contribution in [3.63, 3.8) is 0 Å². The Bertz CT molecular complexity index is 672. The molecule has 0 aromatic heterocycles. The first-order chi connectivity index (χ1) is 10.4. The summed E-state index contributed by atoms with van der Waals surface area (Å²) in [6.07, 6.45) is -5.12. The zero-order chi connectivity index (χ0) is 18.1. The first kappa shape index (κ1) is 18.4. The first-order valence-corrected chi connectivity index (χ1v) is 6.24. The highest BCUT2D eigenvalue weighted by molar-refractivity contribution is 5.91. The standard InChI is InChI=1S/C13H13F3N2O5/c1-6-8(11(19)20)4-5-9(10(6)18(22)23)7(2)17(3)12(21)13(14,15)16/h4-5,7H,1-3H3,(H,19,20). The van der Waals surface area contributed by atoms with Gasteiger partial charge in [-0.25, -0.2) is 4.79 Å². The van der Waals surface area contributed by atoms with Crippen LogP contribution in [-0.4, -0.2) is 40.0 Å². The van der Waals surface area contributed by atoms with E-state index in [2.05, 4.69) is 0 Å². The van der Waals surface area contributed by atoms with Gasteiger partial charge in [-0.1, -0.05) is 0 Å². The van der Waals surface area contributed by atoms with E-state index in [1.807, 2.05) is 0 Å². The maximum absolute atomic E-state index is 12.5. The van der Waals surface area contributed by atoms with Gasteiger partial charge < -0.3 is 10.0 Å². The smallest absolute Gasteiger partial charge is 0.471 e. The minimum absolute atomic E-state index is 0.183. The summed E-state index contributed by atoms with van der Waals surface area (Å²) in [5.41, 5.74) is -1.34. The van der Waals surface area contributed by atoms with Gasteiger partial charge in [0.1, 0.15) is 0 Å². The van der Waals surface area contributed by atoms with Crippen molar-refractivity contribution in [3.05, 3.63) is 38.9 Å². The number of halogens is 3. The molecule has 0 radical (unpaired) electrons. The predicted octanol–water partition coefficient (Wildman–Crippen LogP) is 2.68. The lowest BCUT2D eigenvalue weighted by molar-refractivity contribution is -0.386. The number of carbonyl (C=O) groups excluding carboxylic acids is 1. The summed E-state index contributed by atoms with van der Waals surface area (Å²) in [4.78, 5) is 32.9. The van der Waals surface area contributed by atoms with Crippen LogP contribution in [-0.2, 0) is 4.79 Å². The summed E-state index contributed by atoms with van der Waals surface area (Å²) < 4.78 is 37.4. The number of carbonyl (C=O) groups is 2. The van der Waals surface area contributed by atoms with Crippen LogP contribution in [0.15, 0.2) is 12.1 Å². The van der Waals surface area contributed by atoms with Crippen LogP contribution in [0.1, 0.15) is 34.5 Å². The van der Waals surface area contributed by atoms with E-state index in [1.54, 1.807) is 0 Å². The molecule has 1 amide bonds. The van der Waals surface area contributed by atoms with Crippen LogP contribution in [0.2, 0.25) is 0 Å². The first-order valence-electron chi connectivity index (χ1n) is 6.24. The molecule has 0 bridgehead atoms. The van der Waals surface area contributed by atoms with Crippen molar-refractivity contribution < 1.29 is 32.8 Å². The number of alkyl halides is 3. The van der Waals surface area contributed by atoms with Gasteiger partial charge >= 0.3 is 18.1 Å². The average Bonchev–Trinajstić information content (AvgIpc) is 2.42. The van der Waals surface area contributed by atoms with E-state index in [0.717, 1.165) is 19.2 Å². The Morgan fingerprint density at radius 1 is 1.35 bits per heavy atom. The second-order valence-corrected chi connectivity index (χ2v) is 4.83. The minimum Gasteiger partial charge on any atom is -0.478 e. The Morgan fingerprint density at radius 2 is 1.87 bits per heavy atom. The van der Waals surface area contributed by atoms with Crippen molar-refractivity contribution in [2.45, 2.75) is 26.1 Å². The van der Waals surface area contributed by atoms with Crippen molar-refractivity contribution in [2.24, 2.45) is 0 Å². The molecule has 1 rings (SSSR count). The molecule has 0 saturated carbocycles. The Balaban J connectivity index is 3.43. The predicted molar refractivity (Wildman–Crippen MR) is 72.0 cm³/mol. The van der Waals surface area contributed by atoms with E-state index in [-0.39, 0.29) is 16.7 Å². The fourth-order valence-corrected chi connectivity index (χ4v) is 2.12. The van der Waals surface area contributed by atoms with Gasteiger partial charge in [0.2, 0.25) is 0 Å². The molecule has 7 nitrogen and oxygen atoms in total. The van der Waals surface area contributed by atoms with E-state index < -0.39 is 34.7 Å². The van der Waals surface area contributed by atoms with Crippen LogP contribution in [0.4, 0.5) is 18.9 Å². The molecule has 0 aliphatic carbocycles. The molecular formula is C13H13F3N2O5. The minimum atomic E-state index is -5.12. The van der Waals surface area contributed by atoms with Gasteiger partial charge in [0.15, 0.2) is 0 Å². The monoisotopic (exact) mass is 334 g/mol. The number of nitro groups is 1. The highest BCUT2D eigenvalue weighted by atomic mass is 19.4. The molecule has 0 aliphatic heterocycles. The SMILES string of the molecule is Cc1c(C(=O)O)ccc(C(C)N(C)C(=O)C(F)(F)F)c1[N+](=O)[O-]. The van der Waals surface area contributed by atoms with E-state index in [4.69, 9.17) is 5.11 Å². The van der Waals surface area contributed by atoms with Gasteiger partial charge in [0.25, 0.3) is 5.69 Å². The third-order valence-corrected chi connectivity index (χ3v) is 3.47. The summed E-state index contributed by atoms with van der Waals surface area (Å²) in [6.45, 7) is 2.37. The molecule has 1 aromatic rings. The Hall–Kier alpha value is -2.65. The van der Waals surface area contributed by atoms with Crippen LogP contribution >= 0.6 is 0 Å². The normalized spacial score (nSPS) is 12.6. The van der Waals surface area contributed by atoms with Crippen LogP contribution in [0.5, 0.6) is 0 Å². The second-order valence-electron chi connectivity index (χ2n) is 4.83. The maximum Gasteiger partial charge on any atom is 0.471 e. The number of benzene rings is 1. The van der Waals surface area contributed by atoms with E-state index in [9.17, 15) is 32.9 Å². The number of hydrogen-bond acceptors (Lipinski definition) is 4. The summed E-state index contributed by atoms with van der Waals surface area (Å²) in [6, 6.07) is 0.827. The highest BCUT2D eigenvalue weighted by Gasteiger charge is 2.43. The molecule has 1 atom stereocenters. The Kier molecular flexibility index (Phi) is 4.98. The van der Waals surface area contributed by atoms with Gasteiger partial charge in [-0.05, 0) is 26.0 Å². The van der Waals surface area contributed by atoms with E-state index >= 15 is 0 Å². The average molecular weight is 334 g/mol. The molecule has 0 heterocycles. The van der Waals surface area contributed by atoms with Crippen LogP contribution in [0.25, 0.3) is 0 Å². The molecule has 0 fully saturated rings. The van der Waals surface area contributed by atoms with E-state index in [0.29, 0.717) is 4.90 Å². The topological polar surface area (TPSA) is 101 Å². The number of carboxylic acids is 1. The van der Waals surface area contributed by atoms with Crippen molar-refractivity contribution in [1.29, 1.82) is 0 Å². The zero-order valence-electron chi connectivity index (χ0n) is 12.3. The number of amides is 1. The van der Waals surface area contributed by atoms with Crippen molar-refractivity contribution in [1.82, 2.24) is 4.90 Å². The molecule has 0 spiro atoms. The molecule has 1 aromatic carbocycles. The lowest BCUT2D eigenvalue weighted by Gasteiger charge is -2.26. The second kappa shape index (κ2) is 6.23. The fraction of sp³-hybridized carbons (Fsp3) is 0.385. The molecule has 1 N–H and O–H groups in total. The number of carboxylic acid groups (broad SMARTS) is 1. The molecule has 23 heavy (non-hydrogen) atoms. The van der Waals surface area contributed by atoms with Crippen molar-refractivity contribution >= 4 is 17.6 Å². The number of hydrogen-bond donors (Lipinski definition) is 1. The summed E-state index contributed by atoms with van der Waals surface area (Å²) in [5, 5.41) is 20.2. The summed E-state index contributed by atoms with van der Waals surface area (Å²) >= 11 is 0. The van der Waals surface area contributed by atoms with Crippen LogP contribution < -0.4 is 0 Å². The Morgan fingerprint density at radius 3 is 2.26 bits per heavy atom. The quantitative estimate of drug-likeness (QED) is 0.674. The Labute approximate surface area is 128 Å². The van der Waals surface area contributed by atoms with Gasteiger partial charge in [-0.2, -0.15) is 13.2 Å². The van der Waals surface area contributed by atoms with Gasteiger partial charge in [-0.3, -0.25) is 14.9 Å². The third-order valence-electron chi connectivity index (χ3n) is 3.47. The highest BCUT2D eigenvalue weighted by Crippen LogP contribution is 2.34.